The van der Waals surface area contributed by atoms with E-state index in [-0.39, 0.29) is 6.23 Å². The molecule has 0 amide bonds. The minimum absolute atomic E-state index is 0.213. The number of carbonyl (C=O) groups is 1. The number of nitrogens with zero attached hydrogens (tertiary/aromatic N) is 1. The molecular formula is C10H23ClNO3+. The van der Waals surface area contributed by atoms with Gasteiger partial charge in [0.15, 0.2) is 6.23 Å². The fourth-order valence-electron chi connectivity index (χ4n) is 0.548. The van der Waals surface area contributed by atoms with Crippen molar-refractivity contribution >= 4 is 17.6 Å². The van der Waals surface area contributed by atoms with Crippen molar-refractivity contribution in [2.75, 3.05) is 27.5 Å². The fourth-order valence-corrected chi connectivity index (χ4v) is 0.548. The molecule has 4 nitrogen and oxygen atoms in total. The summed E-state index contributed by atoms with van der Waals surface area (Å²) >= 11 is 4.64. The number of aliphatic hydroxyl groups excluding tert-OH is 1. The highest BCUT2D eigenvalue weighted by atomic mass is 35.5. The van der Waals surface area contributed by atoms with Crippen LogP contribution in [0.3, 0.4) is 0 Å². The van der Waals surface area contributed by atoms with E-state index in [1.165, 1.54) is 6.38 Å². The van der Waals surface area contributed by atoms with Gasteiger partial charge in [0.2, 0.25) is 0 Å². The lowest BCUT2D eigenvalue weighted by atomic mass is 10.4. The van der Waals surface area contributed by atoms with E-state index in [9.17, 15) is 4.79 Å². The Morgan fingerprint density at radius 2 is 1.73 bits per heavy atom. The quantitative estimate of drug-likeness (QED) is 0.341. The second-order valence-corrected chi connectivity index (χ2v) is 3.55. The number of hydrogen-bond donors (Lipinski definition) is 2. The minimum atomic E-state index is -0.981. The Labute approximate surface area is 97.4 Å². The first-order valence-corrected chi connectivity index (χ1v) is 5.23. The molecule has 0 rings (SSSR count). The monoisotopic (exact) mass is 240 g/mol. The number of alkyl halides is 1. The van der Waals surface area contributed by atoms with Gasteiger partial charge < -0.3 is 14.7 Å². The number of aliphatic carboxylic acids is 1. The molecule has 0 aromatic rings. The van der Waals surface area contributed by atoms with E-state index in [4.69, 9.17) is 10.2 Å². The van der Waals surface area contributed by atoms with Crippen LogP contribution in [0.5, 0.6) is 0 Å². The number of carboxylic acid groups (broad SMARTS) is 1. The fraction of sp³-hybridized carbons (Fsp3) is 0.700. The van der Waals surface area contributed by atoms with E-state index in [1.54, 1.807) is 0 Å². The summed E-state index contributed by atoms with van der Waals surface area (Å²) in [5.74, 6) is -0.981. The third-order valence-corrected chi connectivity index (χ3v) is 1.43. The first-order valence-electron chi connectivity index (χ1n) is 4.48. The molecule has 92 valence electrons. The third-order valence-electron chi connectivity index (χ3n) is 1.43. The molecule has 0 spiro atoms. The average molecular weight is 241 g/mol. The van der Waals surface area contributed by atoms with Crippen molar-refractivity contribution < 1.29 is 19.5 Å². The van der Waals surface area contributed by atoms with E-state index in [1.807, 2.05) is 28.1 Å². The van der Waals surface area contributed by atoms with E-state index in [2.05, 4.69) is 18.2 Å². The van der Waals surface area contributed by atoms with Crippen molar-refractivity contribution in [3.8, 4) is 0 Å². The second kappa shape index (κ2) is 11.5. The first kappa shape index (κ1) is 19.9. The Kier molecular flexibility index (Phi) is 15.3. The number of rotatable bonds is 3. The van der Waals surface area contributed by atoms with Crippen molar-refractivity contribution in [1.29, 1.82) is 0 Å². The summed E-state index contributed by atoms with van der Waals surface area (Å²) in [6.07, 6.45) is 2.92. The molecule has 0 heterocycles. The molecule has 1 unspecified atom stereocenters. The number of halogens is 1. The van der Waals surface area contributed by atoms with Crippen LogP contribution in [0, 0.1) is 0 Å². The normalized spacial score (nSPS) is 11.1. The van der Waals surface area contributed by atoms with E-state index in [0.717, 1.165) is 12.5 Å². The van der Waals surface area contributed by atoms with Gasteiger partial charge in [-0.05, 0) is 0 Å². The number of hydrogen-bond acceptors (Lipinski definition) is 2. The van der Waals surface area contributed by atoms with Crippen LogP contribution in [0.15, 0.2) is 12.7 Å². The van der Waals surface area contributed by atoms with Gasteiger partial charge in [-0.15, -0.1) is 11.6 Å². The first-order chi connectivity index (χ1) is 6.75. The van der Waals surface area contributed by atoms with E-state index < -0.39 is 5.97 Å². The molecule has 0 aliphatic rings. The maximum Gasteiger partial charge on any atom is 0.327 e. The molecule has 0 bridgehead atoms. The molecule has 0 aromatic carbocycles. The van der Waals surface area contributed by atoms with Gasteiger partial charge in [0.25, 0.3) is 0 Å². The van der Waals surface area contributed by atoms with Crippen molar-refractivity contribution in [2.24, 2.45) is 0 Å². The van der Waals surface area contributed by atoms with E-state index in [0.29, 0.717) is 4.48 Å². The molecule has 2 N–H and O–H groups in total. The zero-order valence-electron chi connectivity index (χ0n) is 10.2. The van der Waals surface area contributed by atoms with E-state index >= 15 is 0 Å². The van der Waals surface area contributed by atoms with Gasteiger partial charge in [-0.2, -0.15) is 0 Å². The highest BCUT2D eigenvalue weighted by Crippen LogP contribution is 2.01. The maximum atomic E-state index is 9.25. The molecule has 5 heteroatoms. The van der Waals surface area contributed by atoms with Crippen molar-refractivity contribution in [1.82, 2.24) is 0 Å². The number of quaternary nitrogens is 1. The summed E-state index contributed by atoms with van der Waals surface area (Å²) in [5.41, 5.74) is 0. The van der Waals surface area contributed by atoms with Crippen LogP contribution in [0.2, 0.25) is 0 Å². The smallest absolute Gasteiger partial charge is 0.327 e. The Hall–Kier alpha value is -0.580. The highest BCUT2D eigenvalue weighted by molar-refractivity contribution is 6.15. The molecule has 0 aromatic heterocycles. The van der Waals surface area contributed by atoms with Gasteiger partial charge in [0, 0.05) is 18.9 Å². The summed E-state index contributed by atoms with van der Waals surface area (Å²) < 4.78 is 0.635. The molecule has 15 heavy (non-hydrogen) atoms. The lowest BCUT2D eigenvalue weighted by Gasteiger charge is -2.28. The standard InChI is InChI=1S/C6H16NO.C3H4O2.CH3Cl/c1-5-6(8)7(2,3)4;1-2-3(4)5;1-2/h6,8H,5H2,1-4H3;2H,1H2,(H,4,5);1H3/q+1;;. The molecule has 0 radical (unpaired) electrons. The summed E-state index contributed by atoms with van der Waals surface area (Å²) in [7, 11) is 5.94. The Balaban J connectivity index is -0.000000177. The van der Waals surface area contributed by atoms with Crippen LogP contribution < -0.4 is 0 Å². The van der Waals surface area contributed by atoms with Crippen LogP contribution in [0.25, 0.3) is 0 Å². The highest BCUT2D eigenvalue weighted by Gasteiger charge is 2.16. The summed E-state index contributed by atoms with van der Waals surface area (Å²) in [4.78, 5) is 9.25. The summed E-state index contributed by atoms with van der Waals surface area (Å²) in [6, 6.07) is 0. The largest absolute Gasteiger partial charge is 0.478 e. The minimum Gasteiger partial charge on any atom is -0.478 e. The second-order valence-electron chi connectivity index (χ2n) is 3.55. The Morgan fingerprint density at radius 3 is 1.73 bits per heavy atom. The molecule has 0 aliphatic carbocycles. The van der Waals surface area contributed by atoms with Gasteiger partial charge in [0.05, 0.1) is 21.1 Å². The topological polar surface area (TPSA) is 57.5 Å². The van der Waals surface area contributed by atoms with Crippen LogP contribution in [-0.4, -0.2) is 54.4 Å². The van der Waals surface area contributed by atoms with Crippen molar-refractivity contribution in [2.45, 2.75) is 19.6 Å². The van der Waals surface area contributed by atoms with Crippen LogP contribution >= 0.6 is 11.6 Å². The van der Waals surface area contributed by atoms with Crippen molar-refractivity contribution in [3.05, 3.63) is 12.7 Å². The Morgan fingerprint density at radius 1 is 1.47 bits per heavy atom. The maximum absolute atomic E-state index is 9.25. The number of aliphatic hydroxyl groups is 1. The molecule has 0 fully saturated rings. The molecule has 0 saturated carbocycles. The predicted molar refractivity (Wildman–Crippen MR) is 63.9 cm³/mol. The van der Waals surface area contributed by atoms with Gasteiger partial charge in [-0.3, -0.25) is 0 Å². The summed E-state index contributed by atoms with van der Waals surface area (Å²) in [5, 5.41) is 16.8. The molecule has 1 atom stereocenters. The number of carboxylic acids is 1. The predicted octanol–water partition coefficient (Wildman–Crippen LogP) is 1.53. The van der Waals surface area contributed by atoms with Gasteiger partial charge in [0.1, 0.15) is 0 Å². The van der Waals surface area contributed by atoms with Crippen LogP contribution in [-0.2, 0) is 4.79 Å². The van der Waals surface area contributed by atoms with Crippen LogP contribution in [0.4, 0.5) is 0 Å². The molecule has 0 saturated heterocycles. The SMILES string of the molecule is C=CC(=O)O.CCC(O)[N+](C)(C)C.CCl. The molecular weight excluding hydrogens is 218 g/mol. The van der Waals surface area contributed by atoms with Gasteiger partial charge in [-0.25, -0.2) is 4.79 Å². The zero-order chi connectivity index (χ0) is 13.1. The van der Waals surface area contributed by atoms with Crippen LogP contribution in [0.1, 0.15) is 13.3 Å². The van der Waals surface area contributed by atoms with Gasteiger partial charge >= 0.3 is 5.97 Å². The molecule has 0 aliphatic heterocycles. The lowest BCUT2D eigenvalue weighted by Crippen LogP contribution is -2.44. The van der Waals surface area contributed by atoms with Gasteiger partial charge in [-0.1, -0.05) is 13.5 Å². The summed E-state index contributed by atoms with van der Waals surface area (Å²) in [6.45, 7) is 4.94. The average Bonchev–Trinajstić information content (AvgIpc) is 2.19. The lowest BCUT2D eigenvalue weighted by molar-refractivity contribution is -0.918. The zero-order valence-corrected chi connectivity index (χ0v) is 11.0. The van der Waals surface area contributed by atoms with Crippen molar-refractivity contribution in [3.63, 3.8) is 0 Å². The third kappa shape index (κ3) is 19.7. The Bertz CT molecular complexity index is 167.